The number of hydrogen-bond donors (Lipinski definition) is 1. The van der Waals surface area contributed by atoms with Crippen LogP contribution in [0.1, 0.15) is 11.1 Å². The lowest BCUT2D eigenvalue weighted by Gasteiger charge is -2.17. The molecule has 11 heteroatoms. The number of esters is 1. The number of nitrogens with zero attached hydrogens (tertiary/aromatic N) is 2. The van der Waals surface area contributed by atoms with Crippen LogP contribution in [0.5, 0.6) is 0 Å². The number of hydrogen-bond acceptors (Lipinski definition) is 6. The number of carbonyl (C=O) groups is 2. The van der Waals surface area contributed by atoms with Crippen molar-refractivity contribution in [2.45, 2.75) is 12.6 Å². The summed E-state index contributed by atoms with van der Waals surface area (Å²) < 4.78 is 43.1. The number of amides is 1. The zero-order valence-electron chi connectivity index (χ0n) is 15.4. The Balaban J connectivity index is 1.56. The molecule has 0 atom stereocenters. The molecule has 0 bridgehead atoms. The first-order valence-electron chi connectivity index (χ1n) is 8.80. The van der Waals surface area contributed by atoms with E-state index >= 15 is 0 Å². The third-order valence-corrected chi connectivity index (χ3v) is 4.49. The second-order valence-electron chi connectivity index (χ2n) is 6.43. The van der Waals surface area contributed by atoms with Crippen LogP contribution in [0.4, 0.5) is 30.2 Å². The first kappa shape index (κ1) is 21.1. The number of rotatable bonds is 6. The SMILES string of the molecule is O=C(CNc1ccc(C(F)(F)F)cc1[N+](=O)[O-])OCC(=O)N1CCc2ccccc21. The van der Waals surface area contributed by atoms with E-state index in [0.717, 1.165) is 17.3 Å². The zero-order chi connectivity index (χ0) is 21.9. The predicted octanol–water partition coefficient (Wildman–Crippen LogP) is 3.16. The van der Waals surface area contributed by atoms with Gasteiger partial charge in [-0.25, -0.2) is 0 Å². The van der Waals surface area contributed by atoms with E-state index in [1.165, 1.54) is 4.90 Å². The minimum atomic E-state index is -4.74. The highest BCUT2D eigenvalue weighted by Gasteiger charge is 2.33. The van der Waals surface area contributed by atoms with Crippen molar-refractivity contribution in [1.29, 1.82) is 0 Å². The first-order valence-corrected chi connectivity index (χ1v) is 8.80. The van der Waals surface area contributed by atoms with Gasteiger partial charge >= 0.3 is 12.1 Å². The van der Waals surface area contributed by atoms with Crippen molar-refractivity contribution in [3.63, 3.8) is 0 Å². The number of nitro benzene ring substituents is 1. The van der Waals surface area contributed by atoms with Crippen LogP contribution in [0.2, 0.25) is 0 Å². The zero-order valence-corrected chi connectivity index (χ0v) is 15.4. The molecule has 0 radical (unpaired) electrons. The van der Waals surface area contributed by atoms with Crippen molar-refractivity contribution in [2.24, 2.45) is 0 Å². The number of benzene rings is 2. The maximum atomic E-state index is 12.7. The number of ether oxygens (including phenoxy) is 1. The molecule has 1 heterocycles. The van der Waals surface area contributed by atoms with Crippen molar-refractivity contribution in [1.82, 2.24) is 0 Å². The van der Waals surface area contributed by atoms with Gasteiger partial charge in [0.25, 0.3) is 11.6 Å². The highest BCUT2D eigenvalue weighted by molar-refractivity contribution is 5.97. The Morgan fingerprint density at radius 3 is 2.63 bits per heavy atom. The van der Waals surface area contributed by atoms with Crippen LogP contribution in [-0.2, 0) is 26.9 Å². The topological polar surface area (TPSA) is 102 Å². The van der Waals surface area contributed by atoms with Gasteiger partial charge in [-0.3, -0.25) is 19.7 Å². The molecule has 8 nitrogen and oxygen atoms in total. The van der Waals surface area contributed by atoms with Crippen molar-refractivity contribution >= 4 is 28.9 Å². The molecule has 30 heavy (non-hydrogen) atoms. The van der Waals surface area contributed by atoms with E-state index in [9.17, 15) is 32.9 Å². The van der Waals surface area contributed by atoms with Gasteiger partial charge in [0.15, 0.2) is 6.61 Å². The molecule has 2 aromatic rings. The molecule has 2 aromatic carbocycles. The van der Waals surface area contributed by atoms with Gasteiger partial charge in [0.1, 0.15) is 12.2 Å². The summed E-state index contributed by atoms with van der Waals surface area (Å²) in [5.74, 6) is -1.31. The van der Waals surface area contributed by atoms with Crippen LogP contribution in [0.15, 0.2) is 42.5 Å². The number of nitrogens with one attached hydrogen (secondary N) is 1. The molecule has 0 fully saturated rings. The molecule has 3 rings (SSSR count). The van der Waals surface area contributed by atoms with Crippen LogP contribution in [-0.4, -0.2) is 36.5 Å². The molecule has 0 saturated carbocycles. The Morgan fingerprint density at radius 1 is 1.20 bits per heavy atom. The maximum Gasteiger partial charge on any atom is 0.416 e. The summed E-state index contributed by atoms with van der Waals surface area (Å²) in [6.07, 6.45) is -4.05. The maximum absolute atomic E-state index is 12.7. The summed E-state index contributed by atoms with van der Waals surface area (Å²) in [5.41, 5.74) is -0.531. The number of nitro groups is 1. The second-order valence-corrected chi connectivity index (χ2v) is 6.43. The molecule has 0 unspecified atom stereocenters. The fourth-order valence-corrected chi connectivity index (χ4v) is 3.04. The van der Waals surface area contributed by atoms with Gasteiger partial charge in [0, 0.05) is 18.3 Å². The van der Waals surface area contributed by atoms with Gasteiger partial charge in [-0.1, -0.05) is 18.2 Å². The van der Waals surface area contributed by atoms with E-state index < -0.39 is 47.4 Å². The number of halogens is 3. The van der Waals surface area contributed by atoms with Gasteiger partial charge in [-0.15, -0.1) is 0 Å². The van der Waals surface area contributed by atoms with E-state index in [4.69, 9.17) is 4.74 Å². The van der Waals surface area contributed by atoms with Crippen LogP contribution in [0.25, 0.3) is 0 Å². The van der Waals surface area contributed by atoms with E-state index in [2.05, 4.69) is 5.32 Å². The van der Waals surface area contributed by atoms with Gasteiger partial charge in [-0.2, -0.15) is 13.2 Å². The Labute approximate surface area is 168 Å². The number of alkyl halides is 3. The number of carbonyl (C=O) groups excluding carboxylic acids is 2. The summed E-state index contributed by atoms with van der Waals surface area (Å²) in [7, 11) is 0. The van der Waals surface area contributed by atoms with Gasteiger partial charge < -0.3 is 15.0 Å². The van der Waals surface area contributed by atoms with E-state index in [-0.39, 0.29) is 5.69 Å². The molecular formula is C19H16F3N3O5. The van der Waals surface area contributed by atoms with Gasteiger partial charge in [0.2, 0.25) is 0 Å². The third-order valence-electron chi connectivity index (χ3n) is 4.49. The number of para-hydroxylation sites is 1. The summed E-state index contributed by atoms with van der Waals surface area (Å²) in [6, 6.07) is 9.23. The average Bonchev–Trinajstić information content (AvgIpc) is 3.13. The Kier molecular flexibility index (Phi) is 5.90. The quantitative estimate of drug-likeness (QED) is 0.435. The van der Waals surface area contributed by atoms with E-state index in [1.807, 2.05) is 12.1 Å². The van der Waals surface area contributed by atoms with Crippen LogP contribution in [0, 0.1) is 10.1 Å². The van der Waals surface area contributed by atoms with Gasteiger partial charge in [0.05, 0.1) is 10.5 Å². The average molecular weight is 423 g/mol. The Morgan fingerprint density at radius 2 is 1.93 bits per heavy atom. The highest BCUT2D eigenvalue weighted by atomic mass is 19.4. The number of fused-ring (bicyclic) bond motifs is 1. The molecule has 0 spiro atoms. The van der Waals surface area contributed by atoms with Gasteiger partial charge in [-0.05, 0) is 30.2 Å². The van der Waals surface area contributed by atoms with Crippen LogP contribution >= 0.6 is 0 Å². The highest BCUT2D eigenvalue weighted by Crippen LogP contribution is 2.35. The molecule has 1 N–H and O–H groups in total. The molecule has 1 aliphatic rings. The molecular weight excluding hydrogens is 407 g/mol. The Hall–Kier alpha value is -3.63. The fraction of sp³-hybridized carbons (Fsp3) is 0.263. The first-order chi connectivity index (χ1) is 14.2. The van der Waals surface area contributed by atoms with Crippen molar-refractivity contribution < 1.29 is 32.4 Å². The summed E-state index contributed by atoms with van der Waals surface area (Å²) >= 11 is 0. The molecule has 1 aliphatic heterocycles. The third kappa shape index (κ3) is 4.67. The van der Waals surface area contributed by atoms with Crippen LogP contribution < -0.4 is 10.2 Å². The minimum absolute atomic E-state index is 0.273. The van der Waals surface area contributed by atoms with Crippen molar-refractivity contribution in [3.8, 4) is 0 Å². The molecule has 1 amide bonds. The summed E-state index contributed by atoms with van der Waals surface area (Å²) in [5, 5.41) is 13.4. The van der Waals surface area contributed by atoms with Crippen molar-refractivity contribution in [3.05, 3.63) is 63.7 Å². The standard InChI is InChI=1S/C19H16F3N3O5/c20-19(21,22)13-5-6-14(16(9-13)25(28)29)23-10-18(27)30-11-17(26)24-8-7-12-3-1-2-4-15(12)24/h1-6,9,23H,7-8,10-11H2. The second kappa shape index (κ2) is 8.39. The van der Waals surface area contributed by atoms with Crippen LogP contribution in [0.3, 0.4) is 0 Å². The monoisotopic (exact) mass is 423 g/mol. The van der Waals surface area contributed by atoms with E-state index in [1.54, 1.807) is 12.1 Å². The lowest BCUT2D eigenvalue weighted by Crippen LogP contribution is -2.34. The smallest absolute Gasteiger partial charge is 0.416 e. The molecule has 0 aliphatic carbocycles. The van der Waals surface area contributed by atoms with E-state index in [0.29, 0.717) is 25.1 Å². The largest absolute Gasteiger partial charge is 0.454 e. The fourth-order valence-electron chi connectivity index (χ4n) is 3.04. The molecule has 0 aromatic heterocycles. The molecule has 158 valence electrons. The lowest BCUT2D eigenvalue weighted by molar-refractivity contribution is -0.384. The minimum Gasteiger partial charge on any atom is -0.454 e. The normalized spacial score (nSPS) is 13.0. The number of anilines is 2. The summed E-state index contributed by atoms with van der Waals surface area (Å²) in [4.78, 5) is 35.7. The lowest BCUT2D eigenvalue weighted by atomic mass is 10.1. The predicted molar refractivity (Wildman–Crippen MR) is 100 cm³/mol. The summed E-state index contributed by atoms with van der Waals surface area (Å²) in [6.45, 7) is -0.619. The molecule has 0 saturated heterocycles. The van der Waals surface area contributed by atoms with Crippen molar-refractivity contribution in [2.75, 3.05) is 29.9 Å². The Bertz CT molecular complexity index is 994.